The van der Waals surface area contributed by atoms with Crippen LogP contribution >= 0.6 is 11.6 Å². The van der Waals surface area contributed by atoms with Crippen molar-refractivity contribution < 1.29 is 9.59 Å². The Morgan fingerprint density at radius 1 is 1.04 bits per heavy atom. The van der Waals surface area contributed by atoms with Gasteiger partial charge in [0, 0.05) is 16.3 Å². The van der Waals surface area contributed by atoms with E-state index in [2.05, 4.69) is 15.8 Å². The van der Waals surface area contributed by atoms with E-state index < -0.39 is 11.8 Å². The maximum Gasteiger partial charge on any atom is 0.329 e. The number of anilines is 1. The van der Waals surface area contributed by atoms with Crippen LogP contribution in [0.25, 0.3) is 0 Å². The summed E-state index contributed by atoms with van der Waals surface area (Å²) in [6, 6.07) is 12.4. The first-order valence-corrected chi connectivity index (χ1v) is 7.31. The van der Waals surface area contributed by atoms with E-state index in [1.165, 1.54) is 6.21 Å². The molecule has 2 amide bonds. The van der Waals surface area contributed by atoms with Gasteiger partial charge in [0.05, 0.1) is 6.21 Å². The minimum absolute atomic E-state index is 0.505. The lowest BCUT2D eigenvalue weighted by atomic mass is 10.1. The number of halogens is 1. The second kappa shape index (κ2) is 7.56. The molecule has 0 aliphatic rings. The van der Waals surface area contributed by atoms with Gasteiger partial charge in [0.1, 0.15) is 0 Å². The predicted molar refractivity (Wildman–Crippen MR) is 91.7 cm³/mol. The minimum atomic E-state index is -0.855. The van der Waals surface area contributed by atoms with E-state index in [-0.39, 0.29) is 0 Å². The highest BCUT2D eigenvalue weighted by molar-refractivity contribution is 6.39. The molecule has 6 heteroatoms. The molecule has 2 N–H and O–H groups in total. The Balaban J connectivity index is 1.94. The second-order valence-corrected chi connectivity index (χ2v) is 5.38. The average Bonchev–Trinajstić information content (AvgIpc) is 2.52. The molecule has 0 atom stereocenters. The number of hydrogen-bond acceptors (Lipinski definition) is 3. The van der Waals surface area contributed by atoms with Gasteiger partial charge in [-0.05, 0) is 43.2 Å². The summed E-state index contributed by atoms with van der Waals surface area (Å²) in [6.45, 7) is 3.90. The fourth-order valence-corrected chi connectivity index (χ4v) is 1.98. The molecule has 0 aromatic heterocycles. The van der Waals surface area contributed by atoms with Gasteiger partial charge in [-0.3, -0.25) is 9.59 Å². The van der Waals surface area contributed by atoms with Gasteiger partial charge >= 0.3 is 11.8 Å². The lowest BCUT2D eigenvalue weighted by Gasteiger charge is -2.06. The third-order valence-electron chi connectivity index (χ3n) is 3.25. The van der Waals surface area contributed by atoms with E-state index in [1.807, 2.05) is 19.9 Å². The maximum atomic E-state index is 11.8. The first-order chi connectivity index (χ1) is 11.0. The van der Waals surface area contributed by atoms with Gasteiger partial charge in [-0.15, -0.1) is 0 Å². The summed E-state index contributed by atoms with van der Waals surface area (Å²) < 4.78 is 0. The lowest BCUT2D eigenvalue weighted by molar-refractivity contribution is -0.136. The molecule has 0 spiro atoms. The van der Waals surface area contributed by atoms with Gasteiger partial charge < -0.3 is 5.32 Å². The molecule has 2 aromatic carbocycles. The number of nitrogens with one attached hydrogen (secondary N) is 2. The molecule has 2 aromatic rings. The third-order valence-corrected chi connectivity index (χ3v) is 3.59. The van der Waals surface area contributed by atoms with Gasteiger partial charge in [-0.2, -0.15) is 5.10 Å². The Labute approximate surface area is 139 Å². The van der Waals surface area contributed by atoms with Crippen molar-refractivity contribution in [2.45, 2.75) is 13.8 Å². The fourth-order valence-electron chi connectivity index (χ4n) is 1.80. The highest BCUT2D eigenvalue weighted by Crippen LogP contribution is 2.14. The molecule has 0 saturated heterocycles. The highest BCUT2D eigenvalue weighted by atomic mass is 35.5. The number of aryl methyl sites for hydroxylation is 2. The van der Waals surface area contributed by atoms with Crippen molar-refractivity contribution in [3.63, 3.8) is 0 Å². The summed E-state index contributed by atoms with van der Waals surface area (Å²) >= 11 is 5.95. The summed E-state index contributed by atoms with van der Waals surface area (Å²) in [5.74, 6) is -1.64. The molecule has 5 nitrogen and oxygen atoms in total. The van der Waals surface area contributed by atoms with Gasteiger partial charge in [0.2, 0.25) is 0 Å². The predicted octanol–water partition coefficient (Wildman–Crippen LogP) is 3.05. The lowest BCUT2D eigenvalue weighted by Crippen LogP contribution is -2.32. The fraction of sp³-hybridized carbons (Fsp3) is 0.118. The first-order valence-electron chi connectivity index (χ1n) is 6.93. The SMILES string of the molecule is Cc1ccc(NC(=O)C(=O)N/N=C\c2ccccc2Cl)cc1C. The zero-order valence-electron chi connectivity index (χ0n) is 12.8. The number of benzene rings is 2. The van der Waals surface area contributed by atoms with Gasteiger partial charge in [0.25, 0.3) is 0 Å². The van der Waals surface area contributed by atoms with Crippen molar-refractivity contribution in [3.05, 3.63) is 64.2 Å². The van der Waals surface area contributed by atoms with Gasteiger partial charge in [0.15, 0.2) is 0 Å². The number of carbonyl (C=O) groups excluding carboxylic acids is 2. The van der Waals surface area contributed by atoms with Crippen LogP contribution in [0.4, 0.5) is 5.69 Å². The Kier molecular flexibility index (Phi) is 5.49. The smallest absolute Gasteiger partial charge is 0.318 e. The van der Waals surface area contributed by atoms with Crippen molar-refractivity contribution in [3.8, 4) is 0 Å². The van der Waals surface area contributed by atoms with Crippen LogP contribution in [0.3, 0.4) is 0 Å². The Hall–Kier alpha value is -2.66. The van der Waals surface area contributed by atoms with Crippen LogP contribution in [-0.2, 0) is 9.59 Å². The van der Waals surface area contributed by atoms with Crippen LogP contribution in [0, 0.1) is 13.8 Å². The number of rotatable bonds is 3. The summed E-state index contributed by atoms with van der Waals surface area (Å²) in [4.78, 5) is 23.5. The van der Waals surface area contributed by atoms with Crippen LogP contribution in [0.1, 0.15) is 16.7 Å². The third kappa shape index (κ3) is 4.66. The molecule has 118 valence electrons. The molecule has 23 heavy (non-hydrogen) atoms. The van der Waals surface area contributed by atoms with Crippen LogP contribution in [-0.4, -0.2) is 18.0 Å². The molecular formula is C17H16ClN3O2. The monoisotopic (exact) mass is 329 g/mol. The summed E-state index contributed by atoms with van der Waals surface area (Å²) in [5.41, 5.74) is 5.50. The Bertz CT molecular complexity index is 772. The zero-order chi connectivity index (χ0) is 16.8. The van der Waals surface area contributed by atoms with Crippen molar-refractivity contribution in [2.24, 2.45) is 5.10 Å². The van der Waals surface area contributed by atoms with E-state index in [0.29, 0.717) is 16.3 Å². The first kappa shape index (κ1) is 16.7. The summed E-state index contributed by atoms with van der Waals surface area (Å²) in [6.07, 6.45) is 1.38. The molecule has 0 unspecified atom stereocenters. The topological polar surface area (TPSA) is 70.6 Å². The maximum absolute atomic E-state index is 11.8. The normalized spacial score (nSPS) is 10.6. The second-order valence-electron chi connectivity index (χ2n) is 4.97. The van der Waals surface area contributed by atoms with E-state index in [4.69, 9.17) is 11.6 Å². The molecule has 2 rings (SSSR count). The number of carbonyl (C=O) groups is 2. The standard InChI is InChI=1S/C17H16ClN3O2/c1-11-7-8-14(9-12(11)2)20-16(22)17(23)21-19-10-13-5-3-4-6-15(13)18/h3-10H,1-2H3,(H,20,22)(H,21,23)/b19-10-. The van der Waals surface area contributed by atoms with Crippen LogP contribution in [0.2, 0.25) is 5.02 Å². The molecule has 0 saturated carbocycles. The quantitative estimate of drug-likeness (QED) is 0.516. The van der Waals surface area contributed by atoms with Gasteiger partial charge in [-0.25, -0.2) is 5.43 Å². The molecule has 0 aliphatic heterocycles. The Morgan fingerprint density at radius 3 is 2.48 bits per heavy atom. The largest absolute Gasteiger partial charge is 0.329 e. The molecule has 0 heterocycles. The number of nitrogens with zero attached hydrogens (tertiary/aromatic N) is 1. The molecule has 0 aliphatic carbocycles. The van der Waals surface area contributed by atoms with Crippen LogP contribution in [0.15, 0.2) is 47.6 Å². The highest BCUT2D eigenvalue weighted by Gasteiger charge is 2.13. The summed E-state index contributed by atoms with van der Waals surface area (Å²) in [7, 11) is 0. The van der Waals surface area contributed by atoms with Crippen molar-refractivity contribution in [1.82, 2.24) is 5.43 Å². The number of hydrogen-bond donors (Lipinski definition) is 2. The van der Waals surface area contributed by atoms with Crippen molar-refractivity contribution in [2.75, 3.05) is 5.32 Å². The molecule has 0 bridgehead atoms. The number of amides is 2. The van der Waals surface area contributed by atoms with E-state index in [9.17, 15) is 9.59 Å². The van der Waals surface area contributed by atoms with Crippen LogP contribution in [0.5, 0.6) is 0 Å². The summed E-state index contributed by atoms with van der Waals surface area (Å²) in [5, 5.41) is 6.75. The molecule has 0 fully saturated rings. The van der Waals surface area contributed by atoms with Crippen molar-refractivity contribution >= 4 is 35.3 Å². The van der Waals surface area contributed by atoms with Crippen LogP contribution < -0.4 is 10.7 Å². The minimum Gasteiger partial charge on any atom is -0.318 e. The van der Waals surface area contributed by atoms with E-state index in [1.54, 1.807) is 36.4 Å². The molecular weight excluding hydrogens is 314 g/mol. The molecule has 0 radical (unpaired) electrons. The van der Waals surface area contributed by atoms with E-state index >= 15 is 0 Å². The number of hydrazone groups is 1. The zero-order valence-corrected chi connectivity index (χ0v) is 13.5. The Morgan fingerprint density at radius 2 is 1.78 bits per heavy atom. The van der Waals surface area contributed by atoms with Gasteiger partial charge in [-0.1, -0.05) is 35.9 Å². The van der Waals surface area contributed by atoms with E-state index in [0.717, 1.165) is 11.1 Å². The average molecular weight is 330 g/mol. The van der Waals surface area contributed by atoms with Crippen molar-refractivity contribution in [1.29, 1.82) is 0 Å².